The number of benzene rings is 1. The van der Waals surface area contributed by atoms with E-state index in [1.807, 2.05) is 30.5 Å². The Hall–Kier alpha value is -2.27. The number of hydrogen-bond donors (Lipinski definition) is 2. The molecule has 0 aliphatic carbocycles. The van der Waals surface area contributed by atoms with Gasteiger partial charge in [-0.1, -0.05) is 30.0 Å². The van der Waals surface area contributed by atoms with Gasteiger partial charge in [-0.2, -0.15) is 0 Å². The average molecular weight is 270 g/mol. The molecular formula is C14H10N2O2S. The zero-order valence-electron chi connectivity index (χ0n) is 9.83. The second-order valence-electron chi connectivity index (χ2n) is 3.98. The highest BCUT2D eigenvalue weighted by Gasteiger charge is 2.12. The van der Waals surface area contributed by atoms with Crippen LogP contribution in [0.4, 0.5) is 0 Å². The highest BCUT2D eigenvalue weighted by molar-refractivity contribution is 7.99. The van der Waals surface area contributed by atoms with Gasteiger partial charge in [0.15, 0.2) is 0 Å². The first kappa shape index (κ1) is 11.8. The number of pyridine rings is 1. The Morgan fingerprint density at radius 2 is 2.05 bits per heavy atom. The molecule has 0 atom stereocenters. The molecule has 3 aromatic rings. The Labute approximate surface area is 113 Å². The predicted octanol–water partition coefficient (Wildman–Crippen LogP) is 3.41. The van der Waals surface area contributed by atoms with E-state index in [9.17, 15) is 4.79 Å². The van der Waals surface area contributed by atoms with Gasteiger partial charge in [0.1, 0.15) is 0 Å². The second kappa shape index (κ2) is 4.78. The number of carboxylic acid groups (broad SMARTS) is 1. The van der Waals surface area contributed by atoms with Crippen LogP contribution in [-0.4, -0.2) is 21.0 Å². The topological polar surface area (TPSA) is 66.0 Å². The Morgan fingerprint density at radius 3 is 2.89 bits per heavy atom. The molecule has 1 aromatic carbocycles. The summed E-state index contributed by atoms with van der Waals surface area (Å²) in [6.45, 7) is 0. The van der Waals surface area contributed by atoms with E-state index in [1.54, 1.807) is 12.3 Å². The molecule has 0 bridgehead atoms. The summed E-state index contributed by atoms with van der Waals surface area (Å²) in [6.07, 6.45) is 4.87. The van der Waals surface area contributed by atoms with Crippen molar-refractivity contribution in [3.8, 4) is 0 Å². The number of hydrogen-bond acceptors (Lipinski definition) is 3. The second-order valence-corrected chi connectivity index (χ2v) is 5.06. The van der Waals surface area contributed by atoms with Gasteiger partial charge in [0.25, 0.3) is 0 Å². The van der Waals surface area contributed by atoms with Gasteiger partial charge in [0.2, 0.25) is 0 Å². The largest absolute Gasteiger partial charge is 0.478 e. The fourth-order valence-electron chi connectivity index (χ4n) is 1.88. The van der Waals surface area contributed by atoms with Gasteiger partial charge in [-0.25, -0.2) is 4.79 Å². The van der Waals surface area contributed by atoms with Crippen molar-refractivity contribution in [3.05, 3.63) is 54.5 Å². The van der Waals surface area contributed by atoms with Crippen LogP contribution in [0.1, 0.15) is 10.4 Å². The number of nitrogens with one attached hydrogen (secondary N) is 1. The molecule has 0 saturated heterocycles. The summed E-state index contributed by atoms with van der Waals surface area (Å²) in [5, 5.41) is 10.2. The quantitative estimate of drug-likeness (QED) is 0.765. The third kappa shape index (κ3) is 2.20. The minimum atomic E-state index is -0.963. The first-order valence-corrected chi connectivity index (χ1v) is 6.48. The summed E-state index contributed by atoms with van der Waals surface area (Å²) in [6, 6.07) is 9.64. The van der Waals surface area contributed by atoms with E-state index >= 15 is 0 Å². The van der Waals surface area contributed by atoms with Crippen LogP contribution in [0, 0.1) is 0 Å². The van der Waals surface area contributed by atoms with Crippen LogP contribution in [-0.2, 0) is 0 Å². The average Bonchev–Trinajstić information content (AvgIpc) is 2.83. The van der Waals surface area contributed by atoms with Gasteiger partial charge < -0.3 is 10.1 Å². The van der Waals surface area contributed by atoms with E-state index in [-0.39, 0.29) is 5.56 Å². The maximum Gasteiger partial charge on any atom is 0.338 e. The van der Waals surface area contributed by atoms with Gasteiger partial charge in [-0.3, -0.25) is 4.98 Å². The maximum atomic E-state index is 11.2. The first-order chi connectivity index (χ1) is 9.25. The van der Waals surface area contributed by atoms with Crippen molar-refractivity contribution in [2.24, 2.45) is 0 Å². The minimum Gasteiger partial charge on any atom is -0.478 e. The molecule has 0 radical (unpaired) electrons. The van der Waals surface area contributed by atoms with E-state index in [4.69, 9.17) is 5.11 Å². The van der Waals surface area contributed by atoms with Crippen LogP contribution in [0.3, 0.4) is 0 Å². The molecule has 0 aliphatic rings. The Bertz CT molecular complexity index is 752. The fraction of sp³-hybridized carbons (Fsp3) is 0. The lowest BCUT2D eigenvalue weighted by Gasteiger charge is -2.03. The minimum absolute atomic E-state index is 0.220. The van der Waals surface area contributed by atoms with Gasteiger partial charge >= 0.3 is 5.97 Å². The van der Waals surface area contributed by atoms with Crippen molar-refractivity contribution < 1.29 is 9.90 Å². The smallest absolute Gasteiger partial charge is 0.338 e. The molecule has 2 heterocycles. The molecule has 2 aromatic heterocycles. The third-order valence-corrected chi connectivity index (χ3v) is 3.92. The van der Waals surface area contributed by atoms with Gasteiger partial charge in [-0.15, -0.1) is 0 Å². The van der Waals surface area contributed by atoms with Crippen molar-refractivity contribution in [2.45, 2.75) is 9.79 Å². The fourth-order valence-corrected chi connectivity index (χ4v) is 2.90. The standard InChI is InChI=1S/C14H10N2O2S/c17-14(18)10-7-15-6-5-12(10)19-13-8-16-11-4-2-1-3-9(11)13/h1-8,16H,(H,17,18). The maximum absolute atomic E-state index is 11.2. The molecule has 3 rings (SSSR count). The monoisotopic (exact) mass is 270 g/mol. The van der Waals surface area contributed by atoms with Crippen molar-refractivity contribution in [3.63, 3.8) is 0 Å². The molecule has 94 valence electrons. The zero-order valence-corrected chi connectivity index (χ0v) is 10.6. The molecule has 0 unspecified atom stereocenters. The Balaban J connectivity index is 2.04. The van der Waals surface area contributed by atoms with E-state index in [2.05, 4.69) is 9.97 Å². The summed E-state index contributed by atoms with van der Waals surface area (Å²) < 4.78 is 0. The highest BCUT2D eigenvalue weighted by Crippen LogP contribution is 2.34. The number of para-hydroxylation sites is 1. The first-order valence-electron chi connectivity index (χ1n) is 5.67. The van der Waals surface area contributed by atoms with Crippen molar-refractivity contribution >= 4 is 28.6 Å². The van der Waals surface area contributed by atoms with Crippen LogP contribution in [0.25, 0.3) is 10.9 Å². The van der Waals surface area contributed by atoms with Gasteiger partial charge in [-0.05, 0) is 12.1 Å². The number of carboxylic acids is 1. The van der Waals surface area contributed by atoms with Crippen molar-refractivity contribution in [2.75, 3.05) is 0 Å². The number of H-pyrrole nitrogens is 1. The van der Waals surface area contributed by atoms with Crippen LogP contribution >= 0.6 is 11.8 Å². The highest BCUT2D eigenvalue weighted by atomic mass is 32.2. The lowest BCUT2D eigenvalue weighted by Crippen LogP contribution is -1.99. The summed E-state index contributed by atoms with van der Waals surface area (Å²) in [4.78, 5) is 19.9. The number of rotatable bonds is 3. The SMILES string of the molecule is O=C(O)c1cnccc1Sc1c[nH]c2ccccc12. The lowest BCUT2D eigenvalue weighted by atomic mass is 10.2. The van der Waals surface area contributed by atoms with E-state index in [1.165, 1.54) is 18.0 Å². The van der Waals surface area contributed by atoms with Crippen molar-refractivity contribution in [1.29, 1.82) is 0 Å². The molecule has 2 N–H and O–H groups in total. The van der Waals surface area contributed by atoms with E-state index < -0.39 is 5.97 Å². The van der Waals surface area contributed by atoms with Crippen molar-refractivity contribution in [1.82, 2.24) is 9.97 Å². The molecule has 0 aliphatic heterocycles. The Kier molecular flexibility index (Phi) is 2.97. The molecule has 5 heteroatoms. The van der Waals surface area contributed by atoms with E-state index in [0.717, 1.165) is 15.8 Å². The third-order valence-electron chi connectivity index (χ3n) is 2.78. The molecule has 0 saturated carbocycles. The van der Waals surface area contributed by atoms with Crippen LogP contribution in [0.15, 0.2) is 58.7 Å². The van der Waals surface area contributed by atoms with Crippen LogP contribution < -0.4 is 0 Å². The number of aromatic amines is 1. The summed E-state index contributed by atoms with van der Waals surface area (Å²) in [7, 11) is 0. The van der Waals surface area contributed by atoms with Gasteiger partial charge in [0, 0.05) is 39.3 Å². The number of carbonyl (C=O) groups is 1. The lowest BCUT2D eigenvalue weighted by molar-refractivity contribution is 0.0692. The number of aromatic nitrogens is 2. The van der Waals surface area contributed by atoms with Crippen LogP contribution in [0.5, 0.6) is 0 Å². The molecule has 0 fully saturated rings. The van der Waals surface area contributed by atoms with Gasteiger partial charge in [0.05, 0.1) is 5.56 Å². The Morgan fingerprint density at radius 1 is 1.21 bits per heavy atom. The number of nitrogens with zero attached hydrogens (tertiary/aromatic N) is 1. The molecule has 0 amide bonds. The zero-order chi connectivity index (χ0) is 13.2. The van der Waals surface area contributed by atoms with E-state index in [0.29, 0.717) is 4.90 Å². The summed E-state index contributed by atoms with van der Waals surface area (Å²) in [5.74, 6) is -0.963. The molecule has 4 nitrogen and oxygen atoms in total. The normalized spacial score (nSPS) is 10.7. The predicted molar refractivity (Wildman–Crippen MR) is 73.6 cm³/mol. The summed E-state index contributed by atoms with van der Waals surface area (Å²) >= 11 is 1.43. The molecule has 19 heavy (non-hydrogen) atoms. The molecular weight excluding hydrogens is 260 g/mol. The molecule has 0 spiro atoms. The number of fused-ring (bicyclic) bond motifs is 1. The number of aromatic carboxylic acids is 1. The van der Waals surface area contributed by atoms with Crippen LogP contribution in [0.2, 0.25) is 0 Å². The summed E-state index contributed by atoms with van der Waals surface area (Å²) in [5.41, 5.74) is 1.26.